The summed E-state index contributed by atoms with van der Waals surface area (Å²) in [6.45, 7) is 0. The molecule has 16 heavy (non-hydrogen) atoms. The number of nitrogens with two attached hydrogens (primary N) is 1. The molecule has 1 heterocycles. The molecule has 2 rings (SSSR count). The number of Topliss-reactive ketones (excluding diaryl/α,β-unsaturated/α-hetero) is 1. The van der Waals surface area contributed by atoms with Gasteiger partial charge in [-0.1, -0.05) is 24.4 Å². The molecule has 3 nitrogen and oxygen atoms in total. The van der Waals surface area contributed by atoms with Crippen LogP contribution in [-0.4, -0.2) is 16.3 Å². The summed E-state index contributed by atoms with van der Waals surface area (Å²) in [5.41, 5.74) is 6.29. The molecule has 0 saturated heterocycles. The van der Waals surface area contributed by atoms with Crippen molar-refractivity contribution >= 4 is 17.4 Å². The van der Waals surface area contributed by atoms with Crippen molar-refractivity contribution in [1.29, 1.82) is 0 Å². The number of carbonyl (C=O) groups excluding carboxylic acids is 1. The molecule has 86 valence electrons. The van der Waals surface area contributed by atoms with Gasteiger partial charge in [0.25, 0.3) is 0 Å². The summed E-state index contributed by atoms with van der Waals surface area (Å²) in [6.07, 6.45) is 7.22. The van der Waals surface area contributed by atoms with E-state index in [9.17, 15) is 4.79 Å². The lowest BCUT2D eigenvalue weighted by molar-refractivity contribution is -0.123. The Balaban J connectivity index is 2.10. The number of carbonyl (C=O) groups is 1. The van der Waals surface area contributed by atoms with Gasteiger partial charge in [0, 0.05) is 18.8 Å². The molecule has 1 aliphatic rings. The first-order chi connectivity index (χ1) is 7.62. The van der Waals surface area contributed by atoms with E-state index in [2.05, 4.69) is 4.98 Å². The molecule has 0 unspecified atom stereocenters. The van der Waals surface area contributed by atoms with Gasteiger partial charge in [-0.15, -0.1) is 0 Å². The number of pyridine rings is 1. The standard InChI is InChI=1S/C12H15ClN2O/c13-10-8-15-6-3-9(10)7-11(16)12(14)4-1-2-5-12/h3,6,8H,1-2,4-5,7,14H2. The summed E-state index contributed by atoms with van der Waals surface area (Å²) in [7, 11) is 0. The molecule has 0 bridgehead atoms. The highest BCUT2D eigenvalue weighted by atomic mass is 35.5. The Kier molecular flexibility index (Phi) is 3.26. The van der Waals surface area contributed by atoms with E-state index in [0.29, 0.717) is 11.4 Å². The predicted octanol–water partition coefficient (Wildman–Crippen LogP) is 2.12. The van der Waals surface area contributed by atoms with Crippen LogP contribution in [0.3, 0.4) is 0 Å². The second-order valence-corrected chi connectivity index (χ2v) is 4.84. The average molecular weight is 239 g/mol. The number of aromatic nitrogens is 1. The number of nitrogens with zero attached hydrogens (tertiary/aromatic N) is 1. The second-order valence-electron chi connectivity index (χ2n) is 4.43. The van der Waals surface area contributed by atoms with Gasteiger partial charge in [-0.25, -0.2) is 0 Å². The van der Waals surface area contributed by atoms with Gasteiger partial charge in [0.1, 0.15) is 0 Å². The minimum atomic E-state index is -0.618. The first-order valence-corrected chi connectivity index (χ1v) is 5.90. The summed E-state index contributed by atoms with van der Waals surface area (Å²) in [5, 5.41) is 0.539. The highest BCUT2D eigenvalue weighted by Crippen LogP contribution is 2.29. The molecular weight excluding hydrogens is 224 g/mol. The molecule has 1 saturated carbocycles. The molecule has 0 radical (unpaired) electrons. The van der Waals surface area contributed by atoms with Gasteiger partial charge in [-0.05, 0) is 24.5 Å². The summed E-state index contributed by atoms with van der Waals surface area (Å²) in [4.78, 5) is 16.0. The molecular formula is C12H15ClN2O. The predicted molar refractivity (Wildman–Crippen MR) is 63.3 cm³/mol. The normalized spacial score (nSPS) is 18.6. The Morgan fingerprint density at radius 3 is 2.81 bits per heavy atom. The SMILES string of the molecule is NC1(C(=O)Cc2ccncc2Cl)CCCC1. The van der Waals surface area contributed by atoms with Crippen LogP contribution in [0.25, 0.3) is 0 Å². The van der Waals surface area contributed by atoms with Crippen LogP contribution < -0.4 is 5.73 Å². The maximum Gasteiger partial charge on any atom is 0.157 e. The van der Waals surface area contributed by atoms with Gasteiger partial charge in [0.15, 0.2) is 5.78 Å². The number of halogens is 1. The molecule has 1 aliphatic carbocycles. The third-order valence-electron chi connectivity index (χ3n) is 3.26. The van der Waals surface area contributed by atoms with Crippen LogP contribution in [-0.2, 0) is 11.2 Å². The zero-order valence-electron chi connectivity index (χ0n) is 9.08. The van der Waals surface area contributed by atoms with Crippen LogP contribution in [0.1, 0.15) is 31.2 Å². The van der Waals surface area contributed by atoms with Crippen molar-refractivity contribution in [1.82, 2.24) is 4.98 Å². The maximum absolute atomic E-state index is 12.1. The van der Waals surface area contributed by atoms with E-state index in [0.717, 1.165) is 31.2 Å². The van der Waals surface area contributed by atoms with E-state index >= 15 is 0 Å². The quantitative estimate of drug-likeness (QED) is 0.878. The molecule has 1 fully saturated rings. The van der Waals surface area contributed by atoms with Gasteiger partial charge < -0.3 is 5.73 Å². The third-order valence-corrected chi connectivity index (χ3v) is 3.60. The van der Waals surface area contributed by atoms with Crippen LogP contribution >= 0.6 is 11.6 Å². The Morgan fingerprint density at radius 2 is 2.19 bits per heavy atom. The topological polar surface area (TPSA) is 56.0 Å². The molecule has 0 spiro atoms. The number of hydrogen-bond acceptors (Lipinski definition) is 3. The third kappa shape index (κ3) is 2.25. The van der Waals surface area contributed by atoms with Crippen molar-refractivity contribution in [3.63, 3.8) is 0 Å². The lowest BCUT2D eigenvalue weighted by atomic mass is 9.89. The van der Waals surface area contributed by atoms with Gasteiger partial charge in [0.2, 0.25) is 0 Å². The van der Waals surface area contributed by atoms with Gasteiger partial charge in [-0.2, -0.15) is 0 Å². The largest absolute Gasteiger partial charge is 0.319 e. The van der Waals surface area contributed by atoms with Crippen LogP contribution in [0.4, 0.5) is 0 Å². The van der Waals surface area contributed by atoms with E-state index in [-0.39, 0.29) is 5.78 Å². The zero-order chi connectivity index (χ0) is 11.6. The Bertz CT molecular complexity index is 400. The van der Waals surface area contributed by atoms with E-state index < -0.39 is 5.54 Å². The van der Waals surface area contributed by atoms with Gasteiger partial charge in [0.05, 0.1) is 10.6 Å². The number of rotatable bonds is 3. The van der Waals surface area contributed by atoms with Crippen molar-refractivity contribution in [2.75, 3.05) is 0 Å². The highest BCUT2D eigenvalue weighted by Gasteiger charge is 2.36. The van der Waals surface area contributed by atoms with E-state index in [1.165, 1.54) is 0 Å². The Hall–Kier alpha value is -0.930. The fourth-order valence-electron chi connectivity index (χ4n) is 2.18. The van der Waals surface area contributed by atoms with E-state index in [1.807, 2.05) is 0 Å². The van der Waals surface area contributed by atoms with E-state index in [1.54, 1.807) is 18.5 Å². The molecule has 0 atom stereocenters. The maximum atomic E-state index is 12.1. The monoisotopic (exact) mass is 238 g/mol. The minimum Gasteiger partial charge on any atom is -0.319 e. The van der Waals surface area contributed by atoms with E-state index in [4.69, 9.17) is 17.3 Å². The molecule has 1 aromatic heterocycles. The average Bonchev–Trinajstić information content (AvgIpc) is 2.70. The smallest absolute Gasteiger partial charge is 0.157 e. The molecule has 0 aromatic carbocycles. The van der Waals surface area contributed by atoms with Crippen LogP contribution in [0.15, 0.2) is 18.5 Å². The second kappa shape index (κ2) is 4.52. The van der Waals surface area contributed by atoms with Gasteiger partial charge >= 0.3 is 0 Å². The van der Waals surface area contributed by atoms with Crippen molar-refractivity contribution in [2.24, 2.45) is 5.73 Å². The fourth-order valence-corrected chi connectivity index (χ4v) is 2.37. The first kappa shape index (κ1) is 11.6. The summed E-state index contributed by atoms with van der Waals surface area (Å²) in [5.74, 6) is 0.0955. The number of hydrogen-bond donors (Lipinski definition) is 1. The molecule has 0 aliphatic heterocycles. The number of ketones is 1. The Labute approximate surface area is 100 Å². The minimum absolute atomic E-state index is 0.0955. The summed E-state index contributed by atoms with van der Waals surface area (Å²) < 4.78 is 0. The lowest BCUT2D eigenvalue weighted by Crippen LogP contribution is -2.46. The lowest BCUT2D eigenvalue weighted by Gasteiger charge is -2.21. The summed E-state index contributed by atoms with van der Waals surface area (Å²) in [6, 6.07) is 1.78. The zero-order valence-corrected chi connectivity index (χ0v) is 9.83. The van der Waals surface area contributed by atoms with Crippen molar-refractivity contribution in [2.45, 2.75) is 37.6 Å². The molecule has 1 aromatic rings. The van der Waals surface area contributed by atoms with Crippen molar-refractivity contribution in [3.05, 3.63) is 29.0 Å². The Morgan fingerprint density at radius 1 is 1.50 bits per heavy atom. The molecule has 4 heteroatoms. The van der Waals surface area contributed by atoms with Crippen molar-refractivity contribution < 1.29 is 4.79 Å². The summed E-state index contributed by atoms with van der Waals surface area (Å²) >= 11 is 5.96. The first-order valence-electron chi connectivity index (χ1n) is 5.52. The molecule has 2 N–H and O–H groups in total. The fraction of sp³-hybridized carbons (Fsp3) is 0.500. The van der Waals surface area contributed by atoms with Crippen LogP contribution in [0.5, 0.6) is 0 Å². The molecule has 0 amide bonds. The van der Waals surface area contributed by atoms with Crippen LogP contribution in [0, 0.1) is 0 Å². The van der Waals surface area contributed by atoms with Crippen molar-refractivity contribution in [3.8, 4) is 0 Å². The highest BCUT2D eigenvalue weighted by molar-refractivity contribution is 6.31. The van der Waals surface area contributed by atoms with Crippen LogP contribution in [0.2, 0.25) is 5.02 Å². The van der Waals surface area contributed by atoms with Gasteiger partial charge in [-0.3, -0.25) is 9.78 Å².